The van der Waals surface area contributed by atoms with Crippen LogP contribution in [0.5, 0.6) is 0 Å². The SMILES string of the molecule is C[C]1CC[C@H](C)[C@@H]2c3ccc(C(C)C)cc3CC[C@H]12. The van der Waals surface area contributed by atoms with Gasteiger partial charge in [-0.05, 0) is 72.0 Å². The average Bonchev–Trinajstić information content (AvgIpc) is 2.41. The van der Waals surface area contributed by atoms with Crippen LogP contribution in [0, 0.1) is 17.8 Å². The highest BCUT2D eigenvalue weighted by Crippen LogP contribution is 2.51. The summed E-state index contributed by atoms with van der Waals surface area (Å²) < 4.78 is 0. The molecule has 1 radical (unpaired) electrons. The highest BCUT2D eigenvalue weighted by molar-refractivity contribution is 5.40. The molecule has 0 bridgehead atoms. The number of hydrogen-bond donors (Lipinski definition) is 0. The van der Waals surface area contributed by atoms with Crippen LogP contribution in [0.4, 0.5) is 0 Å². The van der Waals surface area contributed by atoms with Crippen LogP contribution in [0.1, 0.15) is 75.5 Å². The molecule has 3 rings (SSSR count). The molecule has 0 nitrogen and oxygen atoms in total. The number of benzene rings is 1. The van der Waals surface area contributed by atoms with Gasteiger partial charge in [0.2, 0.25) is 0 Å². The van der Waals surface area contributed by atoms with Crippen LogP contribution in [-0.4, -0.2) is 0 Å². The van der Waals surface area contributed by atoms with Crippen molar-refractivity contribution in [2.45, 2.75) is 65.2 Å². The van der Waals surface area contributed by atoms with Gasteiger partial charge in [-0.3, -0.25) is 0 Å². The smallest absolute Gasteiger partial charge is 0.00997 e. The van der Waals surface area contributed by atoms with Crippen molar-refractivity contribution in [1.82, 2.24) is 0 Å². The average molecular weight is 255 g/mol. The number of aryl methyl sites for hydroxylation is 1. The second kappa shape index (κ2) is 4.96. The minimum Gasteiger partial charge on any atom is -0.0619 e. The van der Waals surface area contributed by atoms with E-state index in [0.717, 1.165) is 17.8 Å². The van der Waals surface area contributed by atoms with E-state index in [0.29, 0.717) is 5.92 Å². The predicted molar refractivity (Wildman–Crippen MR) is 82.4 cm³/mol. The van der Waals surface area contributed by atoms with Gasteiger partial charge in [-0.1, -0.05) is 45.9 Å². The van der Waals surface area contributed by atoms with Crippen LogP contribution in [0.2, 0.25) is 0 Å². The van der Waals surface area contributed by atoms with Crippen LogP contribution < -0.4 is 0 Å². The third-order valence-corrected chi connectivity index (χ3v) is 5.59. The molecule has 0 aliphatic heterocycles. The van der Waals surface area contributed by atoms with Crippen molar-refractivity contribution in [3.8, 4) is 0 Å². The van der Waals surface area contributed by atoms with Gasteiger partial charge in [0.1, 0.15) is 0 Å². The van der Waals surface area contributed by atoms with Crippen molar-refractivity contribution in [2.75, 3.05) is 0 Å². The Bertz CT molecular complexity index is 457. The van der Waals surface area contributed by atoms with Crippen molar-refractivity contribution in [3.63, 3.8) is 0 Å². The van der Waals surface area contributed by atoms with E-state index in [1.54, 1.807) is 17.0 Å². The Kier molecular flexibility index (Phi) is 3.45. The molecule has 0 unspecified atom stereocenters. The molecule has 1 fully saturated rings. The van der Waals surface area contributed by atoms with Gasteiger partial charge >= 0.3 is 0 Å². The highest BCUT2D eigenvalue weighted by Gasteiger charge is 2.39. The lowest BCUT2D eigenvalue weighted by atomic mass is 9.60. The van der Waals surface area contributed by atoms with Crippen molar-refractivity contribution >= 4 is 0 Å². The lowest BCUT2D eigenvalue weighted by Crippen LogP contribution is -2.33. The fourth-order valence-corrected chi connectivity index (χ4v) is 4.31. The molecule has 1 aromatic carbocycles. The van der Waals surface area contributed by atoms with Gasteiger partial charge in [-0.15, -0.1) is 0 Å². The van der Waals surface area contributed by atoms with Gasteiger partial charge in [-0.25, -0.2) is 0 Å². The first kappa shape index (κ1) is 13.2. The summed E-state index contributed by atoms with van der Waals surface area (Å²) in [6.07, 6.45) is 5.43. The number of rotatable bonds is 1. The summed E-state index contributed by atoms with van der Waals surface area (Å²) in [6.45, 7) is 9.47. The number of hydrogen-bond acceptors (Lipinski definition) is 0. The molecule has 3 atom stereocenters. The Labute approximate surface area is 118 Å². The summed E-state index contributed by atoms with van der Waals surface area (Å²) in [5.74, 6) is 4.94. The summed E-state index contributed by atoms with van der Waals surface area (Å²) in [7, 11) is 0. The maximum Gasteiger partial charge on any atom is -0.00997 e. The van der Waals surface area contributed by atoms with Crippen LogP contribution >= 0.6 is 0 Å². The molecule has 103 valence electrons. The Balaban J connectivity index is 1.99. The summed E-state index contributed by atoms with van der Waals surface area (Å²) in [5, 5.41) is 0. The Morgan fingerprint density at radius 3 is 2.63 bits per heavy atom. The molecule has 0 spiro atoms. The Morgan fingerprint density at radius 2 is 1.89 bits per heavy atom. The standard InChI is InChI=1S/C19H27/c1-12(2)15-7-10-18-16(11-15)8-9-17-13(3)5-6-14(4)19(17)18/h7,10-12,14,17,19H,5-6,8-9H2,1-4H3/t14-,17+,19-/m0/s1. The molecule has 1 aromatic rings. The minimum atomic E-state index is 0.653. The van der Waals surface area contributed by atoms with Crippen molar-refractivity contribution in [1.29, 1.82) is 0 Å². The summed E-state index contributed by atoms with van der Waals surface area (Å²) in [4.78, 5) is 0. The second-order valence-corrected chi connectivity index (χ2v) is 7.15. The lowest BCUT2D eigenvalue weighted by Gasteiger charge is -2.44. The second-order valence-electron chi connectivity index (χ2n) is 7.15. The molecular weight excluding hydrogens is 228 g/mol. The molecule has 0 aromatic heterocycles. The molecule has 2 aliphatic rings. The highest BCUT2D eigenvalue weighted by atomic mass is 14.4. The molecule has 1 saturated carbocycles. The molecular formula is C19H27. The largest absolute Gasteiger partial charge is 0.0619 e. The van der Waals surface area contributed by atoms with E-state index in [-0.39, 0.29) is 0 Å². The third-order valence-electron chi connectivity index (χ3n) is 5.59. The Hall–Kier alpha value is -0.780. The van der Waals surface area contributed by atoms with E-state index in [2.05, 4.69) is 45.9 Å². The molecule has 0 N–H and O–H groups in total. The third kappa shape index (κ3) is 2.24. The van der Waals surface area contributed by atoms with Gasteiger partial charge in [0, 0.05) is 0 Å². The quantitative estimate of drug-likeness (QED) is 0.623. The fraction of sp³-hybridized carbons (Fsp3) is 0.632. The van der Waals surface area contributed by atoms with Crippen LogP contribution in [0.25, 0.3) is 0 Å². The van der Waals surface area contributed by atoms with Crippen LogP contribution in [0.3, 0.4) is 0 Å². The maximum absolute atomic E-state index is 2.49. The summed E-state index contributed by atoms with van der Waals surface area (Å²) >= 11 is 0. The zero-order chi connectivity index (χ0) is 13.6. The van der Waals surface area contributed by atoms with Gasteiger partial charge < -0.3 is 0 Å². The lowest BCUT2D eigenvalue weighted by molar-refractivity contribution is 0.235. The van der Waals surface area contributed by atoms with Gasteiger partial charge in [-0.2, -0.15) is 0 Å². The molecule has 0 heterocycles. The predicted octanol–water partition coefficient (Wildman–Crippen LogP) is 5.48. The molecule has 19 heavy (non-hydrogen) atoms. The first-order valence-electron chi connectivity index (χ1n) is 8.03. The van der Waals surface area contributed by atoms with E-state index in [4.69, 9.17) is 0 Å². The van der Waals surface area contributed by atoms with Gasteiger partial charge in [0.15, 0.2) is 0 Å². The van der Waals surface area contributed by atoms with E-state index in [9.17, 15) is 0 Å². The molecule has 2 aliphatic carbocycles. The van der Waals surface area contributed by atoms with Crippen molar-refractivity contribution < 1.29 is 0 Å². The number of fused-ring (bicyclic) bond motifs is 3. The molecule has 0 saturated heterocycles. The molecule has 0 heteroatoms. The minimum absolute atomic E-state index is 0.653. The zero-order valence-corrected chi connectivity index (χ0v) is 12.9. The Morgan fingerprint density at radius 1 is 1.11 bits per heavy atom. The van der Waals surface area contributed by atoms with Gasteiger partial charge in [0.25, 0.3) is 0 Å². The summed E-state index contributed by atoms with van der Waals surface area (Å²) in [6, 6.07) is 7.33. The monoisotopic (exact) mass is 255 g/mol. The van der Waals surface area contributed by atoms with E-state index in [1.807, 2.05) is 0 Å². The van der Waals surface area contributed by atoms with Crippen LogP contribution in [-0.2, 0) is 6.42 Å². The summed E-state index contributed by atoms with van der Waals surface area (Å²) in [5.41, 5.74) is 4.84. The van der Waals surface area contributed by atoms with Crippen molar-refractivity contribution in [3.05, 3.63) is 40.8 Å². The van der Waals surface area contributed by atoms with E-state index in [1.165, 1.54) is 31.2 Å². The fourth-order valence-electron chi connectivity index (χ4n) is 4.31. The van der Waals surface area contributed by atoms with E-state index >= 15 is 0 Å². The van der Waals surface area contributed by atoms with E-state index < -0.39 is 0 Å². The first-order chi connectivity index (χ1) is 9.08. The maximum atomic E-state index is 2.49. The van der Waals surface area contributed by atoms with Gasteiger partial charge in [0.05, 0.1) is 0 Å². The van der Waals surface area contributed by atoms with Crippen LogP contribution in [0.15, 0.2) is 18.2 Å². The van der Waals surface area contributed by atoms with Crippen molar-refractivity contribution in [2.24, 2.45) is 11.8 Å². The molecule has 0 amide bonds. The normalized spacial score (nSPS) is 31.1. The first-order valence-corrected chi connectivity index (χ1v) is 8.03. The topological polar surface area (TPSA) is 0 Å². The zero-order valence-electron chi connectivity index (χ0n) is 12.9.